The molecule has 0 aliphatic heterocycles. The van der Waals surface area contributed by atoms with Crippen molar-refractivity contribution in [2.45, 2.75) is 52.5 Å². The van der Waals surface area contributed by atoms with Crippen molar-refractivity contribution in [3.05, 3.63) is 33.8 Å². The first kappa shape index (κ1) is 16.9. The van der Waals surface area contributed by atoms with Gasteiger partial charge in [-0.05, 0) is 71.0 Å². The van der Waals surface area contributed by atoms with Gasteiger partial charge in [0.1, 0.15) is 11.6 Å². The Labute approximate surface area is 134 Å². The van der Waals surface area contributed by atoms with E-state index in [-0.39, 0.29) is 16.0 Å². The first-order valence-electron chi connectivity index (χ1n) is 7.60. The maximum absolute atomic E-state index is 14.2. The van der Waals surface area contributed by atoms with Crippen LogP contribution in [-0.4, -0.2) is 0 Å². The molecule has 1 aromatic carbocycles. The lowest BCUT2D eigenvalue weighted by atomic mass is 9.68. The molecule has 1 unspecified atom stereocenters. The highest BCUT2D eigenvalue weighted by Gasteiger charge is 2.34. The molecule has 0 saturated heterocycles. The van der Waals surface area contributed by atoms with Crippen LogP contribution in [0.5, 0.6) is 0 Å². The normalized spacial score (nSPS) is 24.9. The molecule has 1 atom stereocenters. The number of benzene rings is 1. The van der Waals surface area contributed by atoms with Crippen molar-refractivity contribution in [2.75, 3.05) is 0 Å². The summed E-state index contributed by atoms with van der Waals surface area (Å²) in [5.74, 6) is -0.276. The fourth-order valence-electron chi connectivity index (χ4n) is 3.43. The zero-order valence-corrected chi connectivity index (χ0v) is 14.5. The van der Waals surface area contributed by atoms with Crippen LogP contribution in [0, 0.1) is 28.9 Å². The predicted octanol–water partition coefficient (Wildman–Crippen LogP) is 5.58. The molecule has 0 bridgehead atoms. The summed E-state index contributed by atoms with van der Waals surface area (Å²) >= 11 is 3.11. The minimum atomic E-state index is -0.566. The van der Waals surface area contributed by atoms with Crippen LogP contribution in [0.3, 0.4) is 0 Å². The van der Waals surface area contributed by atoms with Gasteiger partial charge in [-0.25, -0.2) is 8.78 Å². The Hall–Kier alpha value is -0.480. The molecule has 4 heteroatoms. The van der Waals surface area contributed by atoms with Gasteiger partial charge in [-0.15, -0.1) is 0 Å². The molecule has 0 aromatic heterocycles. The van der Waals surface area contributed by atoms with Crippen LogP contribution in [0.4, 0.5) is 8.78 Å². The van der Waals surface area contributed by atoms with E-state index in [2.05, 4.69) is 36.7 Å². The van der Waals surface area contributed by atoms with Gasteiger partial charge in [-0.3, -0.25) is 0 Å². The van der Waals surface area contributed by atoms with Crippen molar-refractivity contribution in [3.8, 4) is 0 Å². The highest BCUT2D eigenvalue weighted by atomic mass is 79.9. The second-order valence-corrected chi connectivity index (χ2v) is 8.11. The van der Waals surface area contributed by atoms with Crippen LogP contribution < -0.4 is 5.73 Å². The molecule has 0 spiro atoms. The third kappa shape index (κ3) is 3.65. The fraction of sp³-hybridized carbons (Fsp3) is 0.647. The average molecular weight is 360 g/mol. The topological polar surface area (TPSA) is 26.0 Å². The number of nitrogens with two attached hydrogens (primary N) is 1. The quantitative estimate of drug-likeness (QED) is 0.685. The van der Waals surface area contributed by atoms with Crippen LogP contribution >= 0.6 is 15.9 Å². The largest absolute Gasteiger partial charge is 0.324 e. The molecule has 1 aliphatic carbocycles. The van der Waals surface area contributed by atoms with Gasteiger partial charge in [0.25, 0.3) is 0 Å². The highest BCUT2D eigenvalue weighted by molar-refractivity contribution is 9.10. The first-order valence-corrected chi connectivity index (χ1v) is 8.40. The molecule has 0 heterocycles. The van der Waals surface area contributed by atoms with Crippen LogP contribution in [0.2, 0.25) is 0 Å². The lowest BCUT2D eigenvalue weighted by molar-refractivity contribution is 0.138. The third-order valence-electron chi connectivity index (χ3n) is 4.92. The molecule has 2 rings (SSSR count). The van der Waals surface area contributed by atoms with E-state index < -0.39 is 17.7 Å². The first-order chi connectivity index (χ1) is 9.71. The fourth-order valence-corrected chi connectivity index (χ4v) is 3.77. The molecular weight excluding hydrogens is 336 g/mol. The summed E-state index contributed by atoms with van der Waals surface area (Å²) in [7, 11) is 0. The van der Waals surface area contributed by atoms with Crippen LogP contribution in [0.25, 0.3) is 0 Å². The summed E-state index contributed by atoms with van der Waals surface area (Å²) in [6.07, 6.45) is 4.04. The Morgan fingerprint density at radius 1 is 1.14 bits per heavy atom. The van der Waals surface area contributed by atoms with Gasteiger partial charge in [0.05, 0.1) is 4.47 Å². The van der Waals surface area contributed by atoms with Crippen molar-refractivity contribution in [3.63, 3.8) is 0 Å². The maximum atomic E-state index is 14.2. The van der Waals surface area contributed by atoms with Crippen molar-refractivity contribution >= 4 is 15.9 Å². The van der Waals surface area contributed by atoms with Crippen molar-refractivity contribution < 1.29 is 8.78 Å². The van der Waals surface area contributed by atoms with E-state index in [1.165, 1.54) is 12.1 Å². The molecule has 2 N–H and O–H groups in total. The molecule has 1 nitrogen and oxygen atoms in total. The van der Waals surface area contributed by atoms with E-state index in [0.717, 1.165) is 25.7 Å². The summed E-state index contributed by atoms with van der Waals surface area (Å²) in [4.78, 5) is 0. The molecule has 0 amide bonds. The van der Waals surface area contributed by atoms with Gasteiger partial charge < -0.3 is 5.73 Å². The minimum Gasteiger partial charge on any atom is -0.324 e. The van der Waals surface area contributed by atoms with E-state index in [0.29, 0.717) is 11.3 Å². The van der Waals surface area contributed by atoms with Gasteiger partial charge in [0, 0.05) is 11.6 Å². The molecular formula is C17H24BrF2N. The Balaban J connectivity index is 2.13. The summed E-state index contributed by atoms with van der Waals surface area (Å²) in [6, 6.07) is 2.10. The van der Waals surface area contributed by atoms with Crippen LogP contribution in [0.15, 0.2) is 16.6 Å². The van der Waals surface area contributed by atoms with E-state index in [1.54, 1.807) is 0 Å². The maximum Gasteiger partial charge on any atom is 0.145 e. The van der Waals surface area contributed by atoms with E-state index in [4.69, 9.17) is 5.73 Å². The monoisotopic (exact) mass is 359 g/mol. The SMILES string of the molecule is CC(C)(C)C1CCC(C(N)c2c(F)ccc(Br)c2F)CC1. The van der Waals surface area contributed by atoms with E-state index >= 15 is 0 Å². The Morgan fingerprint density at radius 2 is 1.71 bits per heavy atom. The molecule has 118 valence electrons. The molecule has 0 radical (unpaired) electrons. The van der Waals surface area contributed by atoms with E-state index in [1.807, 2.05) is 0 Å². The zero-order chi connectivity index (χ0) is 15.8. The lowest BCUT2D eigenvalue weighted by Crippen LogP contribution is -2.31. The minimum absolute atomic E-state index is 0.0311. The van der Waals surface area contributed by atoms with Crippen molar-refractivity contribution in [2.24, 2.45) is 23.0 Å². The number of hydrogen-bond donors (Lipinski definition) is 1. The average Bonchev–Trinajstić information content (AvgIpc) is 2.42. The molecule has 1 fully saturated rings. The van der Waals surface area contributed by atoms with Crippen LogP contribution in [-0.2, 0) is 0 Å². The third-order valence-corrected chi connectivity index (χ3v) is 5.53. The van der Waals surface area contributed by atoms with Crippen LogP contribution in [0.1, 0.15) is 58.1 Å². The highest BCUT2D eigenvalue weighted by Crippen LogP contribution is 2.43. The van der Waals surface area contributed by atoms with Gasteiger partial charge in [0.15, 0.2) is 0 Å². The van der Waals surface area contributed by atoms with Gasteiger partial charge in [-0.1, -0.05) is 20.8 Å². The number of halogens is 3. The Morgan fingerprint density at radius 3 is 2.24 bits per heavy atom. The number of rotatable bonds is 2. The van der Waals surface area contributed by atoms with Crippen molar-refractivity contribution in [1.29, 1.82) is 0 Å². The second-order valence-electron chi connectivity index (χ2n) is 7.26. The predicted molar refractivity (Wildman–Crippen MR) is 85.9 cm³/mol. The van der Waals surface area contributed by atoms with Gasteiger partial charge in [0.2, 0.25) is 0 Å². The Kier molecular flexibility index (Phi) is 5.09. The lowest BCUT2D eigenvalue weighted by Gasteiger charge is -2.38. The molecule has 1 saturated carbocycles. The molecule has 1 aliphatic rings. The summed E-state index contributed by atoms with van der Waals surface area (Å²) in [5, 5.41) is 0. The summed E-state index contributed by atoms with van der Waals surface area (Å²) in [6.45, 7) is 6.77. The van der Waals surface area contributed by atoms with Gasteiger partial charge >= 0.3 is 0 Å². The summed E-state index contributed by atoms with van der Waals surface area (Å²) in [5.41, 5.74) is 6.52. The Bertz CT molecular complexity index is 502. The van der Waals surface area contributed by atoms with Crippen molar-refractivity contribution in [1.82, 2.24) is 0 Å². The second kappa shape index (κ2) is 6.33. The molecule has 1 aromatic rings. The smallest absolute Gasteiger partial charge is 0.145 e. The number of hydrogen-bond acceptors (Lipinski definition) is 1. The standard InChI is InChI=1S/C17H24BrF2N/c1-17(2,3)11-6-4-10(5-7-11)16(21)14-13(19)9-8-12(18)15(14)20/h8-11,16H,4-7,21H2,1-3H3. The molecule has 21 heavy (non-hydrogen) atoms. The zero-order valence-electron chi connectivity index (χ0n) is 12.9. The van der Waals surface area contributed by atoms with Gasteiger partial charge in [-0.2, -0.15) is 0 Å². The summed E-state index contributed by atoms with van der Waals surface area (Å²) < 4.78 is 28.4. The van der Waals surface area contributed by atoms with E-state index in [9.17, 15) is 8.78 Å².